The minimum absolute atomic E-state index is 0. The first kappa shape index (κ1) is 8.92. The third-order valence-corrected chi connectivity index (χ3v) is 0. The number of hydrogen-bond acceptors (Lipinski definition) is 0. The predicted molar refractivity (Wildman–Crippen MR) is 24.7 cm³/mol. The molecule has 0 heterocycles. The van der Waals surface area contributed by atoms with E-state index in [1.807, 2.05) is 0 Å². The molecule has 0 aliphatic carbocycles. The summed E-state index contributed by atoms with van der Waals surface area (Å²) in [6.07, 6.45) is 0. The van der Waals surface area contributed by atoms with E-state index in [-0.39, 0.29) is 33.5 Å². The molecule has 0 rings (SSSR count). The molecule has 2 radical (unpaired) electrons. The third kappa shape index (κ3) is 11.4. The Kier molecular flexibility index (Phi) is 19.9. The van der Waals surface area contributed by atoms with Crippen LogP contribution in [0.25, 0.3) is 0 Å². The van der Waals surface area contributed by atoms with Gasteiger partial charge in [-0.25, -0.2) is 0 Å². The van der Waals surface area contributed by atoms with E-state index in [1.54, 1.807) is 0 Å². The van der Waals surface area contributed by atoms with Gasteiger partial charge in [-0.3, -0.25) is 0 Å². The molecule has 0 N–H and O–H groups in total. The van der Waals surface area contributed by atoms with Gasteiger partial charge in [0, 0.05) is 0 Å². The normalized spacial score (nSPS) is 4.50. The molecule has 0 aromatic heterocycles. The van der Waals surface area contributed by atoms with E-state index in [1.165, 1.54) is 0 Å². The fraction of sp³-hybridized carbons (Fsp3) is 1.00. The van der Waals surface area contributed by atoms with Gasteiger partial charge in [0.2, 0.25) is 0 Å². The Morgan fingerprint density at radius 3 is 1.25 bits per heavy atom. The third-order valence-electron chi connectivity index (χ3n) is 0. The zero-order valence-corrected chi connectivity index (χ0v) is 6.58. The van der Waals surface area contributed by atoms with Gasteiger partial charge in [0.25, 0.3) is 0 Å². The van der Waals surface area contributed by atoms with E-state index < -0.39 is 0 Å². The van der Waals surface area contributed by atoms with Crippen molar-refractivity contribution in [1.82, 2.24) is 0 Å². The zero-order valence-electron chi connectivity index (χ0n) is 2.91. The molecule has 26 valence electrons. The van der Waals surface area contributed by atoms with Crippen LogP contribution in [0.1, 0.15) is 0 Å². The molecule has 0 nitrogen and oxygen atoms in total. The van der Waals surface area contributed by atoms with Crippen molar-refractivity contribution < 1.29 is 0 Å². The fourth-order valence-electron chi connectivity index (χ4n) is 0. The summed E-state index contributed by atoms with van der Waals surface area (Å²) in [6.45, 7) is 0. The first-order valence-corrected chi connectivity index (χ1v) is 6.71. The Labute approximate surface area is 43.6 Å². The van der Waals surface area contributed by atoms with Crippen LogP contribution in [0.5, 0.6) is 0 Å². The van der Waals surface area contributed by atoms with Crippen molar-refractivity contribution in [1.29, 1.82) is 0 Å². The van der Waals surface area contributed by atoms with Crippen LogP contribution >= 0.6 is 12.4 Å². The van der Waals surface area contributed by atoms with Crippen LogP contribution in [0.15, 0.2) is 0 Å². The van der Waals surface area contributed by atoms with Crippen molar-refractivity contribution in [2.45, 2.75) is 9.88 Å². The first-order valence-electron chi connectivity index (χ1n) is 1.00. The van der Waals surface area contributed by atoms with E-state index in [0.29, 0.717) is 0 Å². The number of halogens is 1. The Hall–Kier alpha value is 1.09. The topological polar surface area (TPSA) is 0 Å². The summed E-state index contributed by atoms with van der Waals surface area (Å²) in [6, 6.07) is 0. The second-order valence-corrected chi connectivity index (χ2v) is 3.35. The molecule has 0 amide bonds. The summed E-state index contributed by atoms with van der Waals surface area (Å²) in [5.41, 5.74) is 0. The van der Waals surface area contributed by atoms with Crippen molar-refractivity contribution in [3.05, 3.63) is 0 Å². The molecular weight excluding hydrogens is 178 g/mol. The molecule has 0 bridgehead atoms. The summed E-state index contributed by atoms with van der Waals surface area (Å²) in [4.78, 5) is 4.59. The van der Waals surface area contributed by atoms with E-state index in [2.05, 4.69) is 9.88 Å². The molecule has 0 aliphatic heterocycles. The monoisotopic (exact) mass is 186 g/mol. The Bertz CT molecular complexity index is 6.00. The van der Waals surface area contributed by atoms with Crippen molar-refractivity contribution in [3.8, 4) is 0 Å². The van der Waals surface area contributed by atoms with Crippen LogP contribution in [0, 0.1) is 0 Å². The molecule has 2 heteroatoms. The molecule has 0 saturated heterocycles. The Balaban J connectivity index is 0. The molecule has 0 aromatic rings. The standard InChI is InChI=1S/2CH3.ClH.Sn/h2*1H3;1H;. The summed E-state index contributed by atoms with van der Waals surface area (Å²) in [7, 11) is 0. The fourth-order valence-corrected chi connectivity index (χ4v) is 0. The van der Waals surface area contributed by atoms with Crippen LogP contribution in [0.3, 0.4) is 0 Å². The summed E-state index contributed by atoms with van der Waals surface area (Å²) in [5, 5.41) is 0. The minimum atomic E-state index is 0. The Morgan fingerprint density at radius 2 is 1.25 bits per heavy atom. The number of rotatable bonds is 0. The summed E-state index contributed by atoms with van der Waals surface area (Å²) < 4.78 is 0. The van der Waals surface area contributed by atoms with Crippen LogP contribution in [-0.2, 0) is 0 Å². The Morgan fingerprint density at radius 1 is 1.25 bits per heavy atom. The summed E-state index contributed by atoms with van der Waals surface area (Å²) in [5.74, 6) is 0. The molecule has 0 unspecified atom stereocenters. The van der Waals surface area contributed by atoms with Gasteiger partial charge in [0.05, 0.1) is 0 Å². The van der Waals surface area contributed by atoms with Crippen molar-refractivity contribution in [3.63, 3.8) is 0 Å². The average molecular weight is 185 g/mol. The van der Waals surface area contributed by atoms with Gasteiger partial charge in [0.15, 0.2) is 0 Å². The van der Waals surface area contributed by atoms with E-state index in [0.717, 1.165) is 0 Å². The zero-order chi connectivity index (χ0) is 2.71. The van der Waals surface area contributed by atoms with Gasteiger partial charge >= 0.3 is 31.0 Å². The van der Waals surface area contributed by atoms with Crippen molar-refractivity contribution >= 4 is 33.5 Å². The molecule has 0 fully saturated rings. The average Bonchev–Trinajstić information content (AvgIpc) is 0.918. The molecule has 0 spiro atoms. The quantitative estimate of drug-likeness (QED) is 0.498. The van der Waals surface area contributed by atoms with Crippen LogP contribution < -0.4 is 0 Å². The second kappa shape index (κ2) is 8.94. The number of hydrogen-bond donors (Lipinski definition) is 0. The SMILES string of the molecule is Cl.[CH3][Sn][CH3]. The molecule has 0 saturated carbocycles. The van der Waals surface area contributed by atoms with Gasteiger partial charge in [-0.2, -0.15) is 0 Å². The van der Waals surface area contributed by atoms with Crippen LogP contribution in [0.4, 0.5) is 0 Å². The van der Waals surface area contributed by atoms with Gasteiger partial charge in [-0.1, -0.05) is 0 Å². The molecule has 0 aromatic carbocycles. The summed E-state index contributed by atoms with van der Waals surface area (Å²) >= 11 is 0.230. The van der Waals surface area contributed by atoms with Gasteiger partial charge in [-0.15, -0.1) is 12.4 Å². The van der Waals surface area contributed by atoms with Crippen molar-refractivity contribution in [2.75, 3.05) is 0 Å². The van der Waals surface area contributed by atoms with E-state index in [4.69, 9.17) is 0 Å². The van der Waals surface area contributed by atoms with Gasteiger partial charge in [0.1, 0.15) is 0 Å². The molecule has 4 heavy (non-hydrogen) atoms. The van der Waals surface area contributed by atoms with Crippen molar-refractivity contribution in [2.24, 2.45) is 0 Å². The molecular formula is C2H7ClSn. The van der Waals surface area contributed by atoms with Gasteiger partial charge in [-0.05, 0) is 0 Å². The van der Waals surface area contributed by atoms with Crippen LogP contribution in [-0.4, -0.2) is 21.1 Å². The molecule has 0 aliphatic rings. The van der Waals surface area contributed by atoms with Crippen LogP contribution in [0.2, 0.25) is 9.88 Å². The van der Waals surface area contributed by atoms with E-state index >= 15 is 0 Å². The maximum atomic E-state index is 2.30. The molecule has 0 atom stereocenters. The predicted octanol–water partition coefficient (Wildman–Crippen LogP) is 1.21. The van der Waals surface area contributed by atoms with Gasteiger partial charge < -0.3 is 0 Å². The maximum absolute atomic E-state index is 2.30. The second-order valence-electron chi connectivity index (χ2n) is 0.500. The first-order chi connectivity index (χ1) is 1.41. The van der Waals surface area contributed by atoms with E-state index in [9.17, 15) is 0 Å².